The highest BCUT2D eigenvalue weighted by Crippen LogP contribution is 2.22. The summed E-state index contributed by atoms with van der Waals surface area (Å²) in [5.41, 5.74) is 0.218. The van der Waals surface area contributed by atoms with E-state index in [4.69, 9.17) is 9.47 Å². The molecule has 0 amide bonds. The quantitative estimate of drug-likeness (QED) is 0.783. The summed E-state index contributed by atoms with van der Waals surface area (Å²) in [7, 11) is 0. The maximum Gasteiger partial charge on any atom is 0.187 e. The average Bonchev–Trinajstić information content (AvgIpc) is 2.31. The highest BCUT2D eigenvalue weighted by Gasteiger charge is 2.22. The fourth-order valence-electron chi connectivity index (χ4n) is 1.41. The van der Waals surface area contributed by atoms with Crippen molar-refractivity contribution in [2.45, 2.75) is 26.2 Å². The van der Waals surface area contributed by atoms with Crippen LogP contribution in [0.3, 0.4) is 0 Å². The molecule has 1 rings (SSSR count). The molecule has 0 aliphatic carbocycles. The summed E-state index contributed by atoms with van der Waals surface area (Å²) in [4.78, 5) is 0. The van der Waals surface area contributed by atoms with E-state index >= 15 is 0 Å². The Morgan fingerprint density at radius 2 is 1.71 bits per heavy atom. The molecular weight excluding hydrogens is 230 g/mol. The number of hydrogen-bond donors (Lipinski definition) is 1. The van der Waals surface area contributed by atoms with Gasteiger partial charge >= 0.3 is 0 Å². The molecule has 3 nitrogen and oxygen atoms in total. The average molecular weight is 246 g/mol. The van der Waals surface area contributed by atoms with Gasteiger partial charge in [0.2, 0.25) is 0 Å². The molecule has 0 aromatic heterocycles. The molecule has 5 heteroatoms. The van der Waals surface area contributed by atoms with E-state index in [1.54, 1.807) is 13.8 Å². The van der Waals surface area contributed by atoms with Gasteiger partial charge in [-0.05, 0) is 31.5 Å². The van der Waals surface area contributed by atoms with Crippen LogP contribution in [0.2, 0.25) is 0 Å². The first-order valence-electron chi connectivity index (χ1n) is 5.46. The number of halogens is 2. The van der Waals surface area contributed by atoms with Crippen LogP contribution < -0.4 is 0 Å². The molecule has 17 heavy (non-hydrogen) atoms. The molecule has 1 atom stereocenters. The van der Waals surface area contributed by atoms with Crippen LogP contribution in [0.4, 0.5) is 8.78 Å². The van der Waals surface area contributed by atoms with Crippen molar-refractivity contribution in [2.75, 3.05) is 13.2 Å². The van der Waals surface area contributed by atoms with Crippen molar-refractivity contribution in [1.29, 1.82) is 0 Å². The third-order valence-electron chi connectivity index (χ3n) is 2.20. The van der Waals surface area contributed by atoms with Crippen molar-refractivity contribution >= 4 is 0 Å². The van der Waals surface area contributed by atoms with Crippen molar-refractivity contribution in [3.8, 4) is 0 Å². The van der Waals surface area contributed by atoms with Crippen molar-refractivity contribution in [3.63, 3.8) is 0 Å². The van der Waals surface area contributed by atoms with Gasteiger partial charge in [-0.15, -0.1) is 0 Å². The van der Waals surface area contributed by atoms with Gasteiger partial charge in [0.25, 0.3) is 0 Å². The summed E-state index contributed by atoms with van der Waals surface area (Å²) in [5.74, 6) is -1.96. The predicted octanol–water partition coefficient (Wildman–Crippen LogP) is 2.40. The molecule has 1 unspecified atom stereocenters. The van der Waals surface area contributed by atoms with Crippen LogP contribution in [0, 0.1) is 11.6 Å². The molecule has 96 valence electrons. The Morgan fingerprint density at radius 1 is 1.12 bits per heavy atom. The lowest BCUT2D eigenvalue weighted by atomic mass is 10.1. The molecule has 0 fully saturated rings. The van der Waals surface area contributed by atoms with Crippen LogP contribution in [-0.4, -0.2) is 24.6 Å². The number of aliphatic hydroxyl groups excluding tert-OH is 1. The number of aliphatic hydroxyl groups is 1. The molecule has 0 bridgehead atoms. The van der Waals surface area contributed by atoms with Gasteiger partial charge in [-0.3, -0.25) is 0 Å². The topological polar surface area (TPSA) is 38.7 Å². The molecule has 0 heterocycles. The van der Waals surface area contributed by atoms with Crippen molar-refractivity contribution in [2.24, 2.45) is 0 Å². The van der Waals surface area contributed by atoms with Gasteiger partial charge in [-0.2, -0.15) is 0 Å². The van der Waals surface area contributed by atoms with E-state index in [0.717, 1.165) is 12.1 Å². The minimum atomic E-state index is -1.15. The van der Waals surface area contributed by atoms with Crippen molar-refractivity contribution in [1.82, 2.24) is 0 Å². The Morgan fingerprint density at radius 3 is 2.18 bits per heavy atom. The van der Waals surface area contributed by atoms with E-state index in [1.807, 2.05) is 0 Å². The molecule has 0 saturated carbocycles. The minimum Gasteiger partial charge on any atom is -0.383 e. The zero-order valence-electron chi connectivity index (χ0n) is 9.82. The standard InChI is InChI=1S/C12H16F2O3/c1-3-16-12(17-4-2)11(15)8-5-6-9(13)10(14)7-8/h5-7,11-12,15H,3-4H2,1-2H3. The molecule has 0 aliphatic heterocycles. The molecular formula is C12H16F2O3. The van der Waals surface area contributed by atoms with Crippen LogP contribution in [0.1, 0.15) is 25.5 Å². The van der Waals surface area contributed by atoms with Gasteiger partial charge in [-0.25, -0.2) is 8.78 Å². The van der Waals surface area contributed by atoms with Crippen LogP contribution in [0.25, 0.3) is 0 Å². The van der Waals surface area contributed by atoms with Gasteiger partial charge in [0, 0.05) is 13.2 Å². The smallest absolute Gasteiger partial charge is 0.187 e. The van der Waals surface area contributed by atoms with E-state index in [0.29, 0.717) is 13.2 Å². The number of hydrogen-bond acceptors (Lipinski definition) is 3. The van der Waals surface area contributed by atoms with Crippen LogP contribution in [0.5, 0.6) is 0 Å². The predicted molar refractivity (Wildman–Crippen MR) is 58.4 cm³/mol. The molecule has 1 N–H and O–H groups in total. The Bertz CT molecular complexity index is 352. The minimum absolute atomic E-state index is 0.218. The summed E-state index contributed by atoms with van der Waals surface area (Å²) >= 11 is 0. The summed E-state index contributed by atoms with van der Waals surface area (Å²) in [5, 5.41) is 9.92. The SMILES string of the molecule is CCOC(OCC)C(O)c1ccc(F)c(F)c1. The van der Waals surface area contributed by atoms with E-state index < -0.39 is 24.0 Å². The molecule has 1 aromatic carbocycles. The third-order valence-corrected chi connectivity index (χ3v) is 2.20. The fraction of sp³-hybridized carbons (Fsp3) is 0.500. The fourth-order valence-corrected chi connectivity index (χ4v) is 1.41. The highest BCUT2D eigenvalue weighted by molar-refractivity contribution is 5.20. The molecule has 0 aliphatic rings. The lowest BCUT2D eigenvalue weighted by Gasteiger charge is -2.22. The van der Waals surface area contributed by atoms with E-state index in [-0.39, 0.29) is 5.56 Å². The lowest BCUT2D eigenvalue weighted by Crippen LogP contribution is -2.25. The second kappa shape index (κ2) is 6.64. The Labute approximate surface area is 99.0 Å². The van der Waals surface area contributed by atoms with E-state index in [1.165, 1.54) is 6.07 Å². The summed E-state index contributed by atoms with van der Waals surface area (Å²) in [6, 6.07) is 3.20. The lowest BCUT2D eigenvalue weighted by molar-refractivity contribution is -0.191. The second-order valence-electron chi connectivity index (χ2n) is 3.40. The molecule has 0 saturated heterocycles. The van der Waals surface area contributed by atoms with Crippen molar-refractivity contribution in [3.05, 3.63) is 35.4 Å². The zero-order valence-corrected chi connectivity index (χ0v) is 9.82. The zero-order chi connectivity index (χ0) is 12.8. The molecule has 1 aromatic rings. The van der Waals surface area contributed by atoms with Gasteiger partial charge in [0.05, 0.1) is 0 Å². The third kappa shape index (κ3) is 3.73. The first-order valence-corrected chi connectivity index (χ1v) is 5.46. The van der Waals surface area contributed by atoms with E-state index in [2.05, 4.69) is 0 Å². The number of rotatable bonds is 6. The first kappa shape index (κ1) is 14.0. The highest BCUT2D eigenvalue weighted by atomic mass is 19.2. The first-order chi connectivity index (χ1) is 8.10. The summed E-state index contributed by atoms with van der Waals surface area (Å²) in [6.45, 7) is 4.21. The number of benzene rings is 1. The summed E-state index contributed by atoms with van der Waals surface area (Å²) < 4.78 is 36.1. The molecule has 0 radical (unpaired) electrons. The monoisotopic (exact) mass is 246 g/mol. The summed E-state index contributed by atoms with van der Waals surface area (Å²) in [6.07, 6.45) is -2.03. The van der Waals surface area contributed by atoms with E-state index in [9.17, 15) is 13.9 Å². The Hall–Kier alpha value is -1.04. The normalized spacial score (nSPS) is 13.1. The van der Waals surface area contributed by atoms with Crippen LogP contribution in [-0.2, 0) is 9.47 Å². The van der Waals surface area contributed by atoms with Gasteiger partial charge in [0.15, 0.2) is 17.9 Å². The van der Waals surface area contributed by atoms with Crippen LogP contribution in [0.15, 0.2) is 18.2 Å². The Kier molecular flexibility index (Phi) is 5.47. The largest absolute Gasteiger partial charge is 0.383 e. The number of ether oxygens (including phenoxy) is 2. The van der Waals surface area contributed by atoms with Crippen molar-refractivity contribution < 1.29 is 23.4 Å². The van der Waals surface area contributed by atoms with Gasteiger partial charge in [0.1, 0.15) is 6.10 Å². The van der Waals surface area contributed by atoms with Gasteiger partial charge < -0.3 is 14.6 Å². The Balaban J connectivity index is 2.84. The second-order valence-corrected chi connectivity index (χ2v) is 3.40. The van der Waals surface area contributed by atoms with Crippen LogP contribution >= 0.6 is 0 Å². The van der Waals surface area contributed by atoms with Gasteiger partial charge in [-0.1, -0.05) is 6.07 Å². The molecule has 0 spiro atoms. The maximum atomic E-state index is 13.0. The maximum absolute atomic E-state index is 13.0.